The Bertz CT molecular complexity index is 862. The first-order valence-corrected chi connectivity index (χ1v) is 10.6. The average molecular weight is 450 g/mol. The molecule has 4 heterocycles. The summed E-state index contributed by atoms with van der Waals surface area (Å²) in [6.07, 6.45) is 6.47. The Morgan fingerprint density at radius 1 is 1.18 bits per heavy atom. The van der Waals surface area contributed by atoms with E-state index in [0.29, 0.717) is 17.8 Å². The lowest BCUT2D eigenvalue weighted by Gasteiger charge is -2.32. The molecule has 2 aliphatic heterocycles. The quantitative estimate of drug-likeness (QED) is 0.773. The number of nitrogens with zero attached hydrogens (tertiary/aromatic N) is 4. The normalized spacial score (nSPS) is 19.8. The molecule has 0 aromatic carbocycles. The van der Waals surface area contributed by atoms with Gasteiger partial charge < -0.3 is 19.2 Å². The zero-order chi connectivity index (χ0) is 19.5. The molecule has 150 valence electrons. The Labute approximate surface area is 171 Å². The number of aryl methyl sites for hydroxylation is 1. The number of fused-ring (bicyclic) bond motifs is 1. The smallest absolute Gasteiger partial charge is 0.287 e. The molecule has 1 atom stereocenters. The van der Waals surface area contributed by atoms with Crippen LogP contribution in [0.4, 0.5) is 0 Å². The summed E-state index contributed by atoms with van der Waals surface area (Å²) in [5, 5.41) is 11.5. The van der Waals surface area contributed by atoms with E-state index in [9.17, 15) is 9.59 Å². The van der Waals surface area contributed by atoms with E-state index in [2.05, 4.69) is 36.0 Å². The number of nitrogens with one attached hydrogen (secondary N) is 1. The van der Waals surface area contributed by atoms with Crippen molar-refractivity contribution < 1.29 is 14.0 Å². The summed E-state index contributed by atoms with van der Waals surface area (Å²) >= 11 is 3.16. The molecule has 0 aliphatic carbocycles. The monoisotopic (exact) mass is 449 g/mol. The SMILES string of the molecule is O=C(NCC(=O)N1CCC[C@H](c2nnc3n2CCCCC3)C1)c1ccc(Br)o1. The summed E-state index contributed by atoms with van der Waals surface area (Å²) in [4.78, 5) is 26.5. The van der Waals surface area contributed by atoms with Crippen LogP contribution in [0.25, 0.3) is 0 Å². The maximum absolute atomic E-state index is 12.6. The van der Waals surface area contributed by atoms with Crippen LogP contribution in [0, 0.1) is 0 Å². The lowest BCUT2D eigenvalue weighted by Crippen LogP contribution is -2.44. The van der Waals surface area contributed by atoms with Gasteiger partial charge in [-0.3, -0.25) is 9.59 Å². The third kappa shape index (κ3) is 4.14. The first kappa shape index (κ1) is 19.2. The second-order valence-electron chi connectivity index (χ2n) is 7.40. The van der Waals surface area contributed by atoms with Gasteiger partial charge in [0.15, 0.2) is 10.4 Å². The van der Waals surface area contributed by atoms with Crippen LogP contribution in [0.15, 0.2) is 21.2 Å². The minimum atomic E-state index is -0.393. The fourth-order valence-corrected chi connectivity index (χ4v) is 4.32. The van der Waals surface area contributed by atoms with Crippen LogP contribution in [0.5, 0.6) is 0 Å². The van der Waals surface area contributed by atoms with Gasteiger partial charge in [-0.15, -0.1) is 10.2 Å². The van der Waals surface area contributed by atoms with Crippen LogP contribution >= 0.6 is 15.9 Å². The first-order valence-electron chi connectivity index (χ1n) is 9.85. The van der Waals surface area contributed by atoms with Gasteiger partial charge in [-0.2, -0.15) is 0 Å². The standard InChI is InChI=1S/C19H24BrN5O3/c20-15-8-7-14(28-15)19(27)21-11-17(26)24-9-4-5-13(12-24)18-23-22-16-6-2-1-3-10-25(16)18/h7-8,13H,1-6,9-12H2,(H,21,27)/t13-/m0/s1. The number of piperidine rings is 1. The van der Waals surface area contributed by atoms with E-state index in [1.54, 1.807) is 12.1 Å². The molecular weight excluding hydrogens is 426 g/mol. The second kappa shape index (κ2) is 8.46. The number of furan rings is 1. The largest absolute Gasteiger partial charge is 0.444 e. The van der Waals surface area contributed by atoms with E-state index in [4.69, 9.17) is 4.42 Å². The number of hydrogen-bond donors (Lipinski definition) is 1. The average Bonchev–Trinajstić information content (AvgIpc) is 3.25. The summed E-state index contributed by atoms with van der Waals surface area (Å²) in [6, 6.07) is 3.21. The van der Waals surface area contributed by atoms with Gasteiger partial charge in [-0.25, -0.2) is 0 Å². The van der Waals surface area contributed by atoms with Crippen molar-refractivity contribution in [1.29, 1.82) is 0 Å². The molecule has 1 saturated heterocycles. The van der Waals surface area contributed by atoms with Crippen molar-refractivity contribution in [3.8, 4) is 0 Å². The highest BCUT2D eigenvalue weighted by atomic mass is 79.9. The lowest BCUT2D eigenvalue weighted by molar-refractivity contribution is -0.131. The zero-order valence-electron chi connectivity index (χ0n) is 15.7. The van der Waals surface area contributed by atoms with Gasteiger partial charge >= 0.3 is 0 Å². The first-order chi connectivity index (χ1) is 13.6. The lowest BCUT2D eigenvalue weighted by atomic mass is 9.97. The van der Waals surface area contributed by atoms with E-state index in [-0.39, 0.29) is 24.1 Å². The van der Waals surface area contributed by atoms with Crippen LogP contribution in [-0.4, -0.2) is 51.1 Å². The topological polar surface area (TPSA) is 93.3 Å². The Kier molecular flexibility index (Phi) is 5.79. The maximum atomic E-state index is 12.6. The minimum Gasteiger partial charge on any atom is -0.444 e. The molecule has 28 heavy (non-hydrogen) atoms. The molecular formula is C19H24BrN5O3. The van der Waals surface area contributed by atoms with Gasteiger partial charge in [0, 0.05) is 32.0 Å². The predicted molar refractivity (Wildman–Crippen MR) is 105 cm³/mol. The van der Waals surface area contributed by atoms with E-state index >= 15 is 0 Å². The molecule has 8 nitrogen and oxygen atoms in total. The number of rotatable bonds is 4. The molecule has 1 fully saturated rings. The van der Waals surface area contributed by atoms with Crippen LogP contribution in [0.1, 0.15) is 60.2 Å². The van der Waals surface area contributed by atoms with Gasteiger partial charge in [0.2, 0.25) is 5.91 Å². The molecule has 0 bridgehead atoms. The van der Waals surface area contributed by atoms with Gasteiger partial charge in [0.25, 0.3) is 5.91 Å². The highest BCUT2D eigenvalue weighted by Crippen LogP contribution is 2.28. The Balaban J connectivity index is 1.36. The number of hydrogen-bond acceptors (Lipinski definition) is 5. The molecule has 0 spiro atoms. The fraction of sp³-hybridized carbons (Fsp3) is 0.579. The van der Waals surface area contributed by atoms with Crippen LogP contribution in [-0.2, 0) is 17.8 Å². The number of halogens is 1. The minimum absolute atomic E-state index is 0.0399. The van der Waals surface area contributed by atoms with Gasteiger partial charge in [0.1, 0.15) is 11.6 Å². The number of carbonyl (C=O) groups is 2. The Hall–Kier alpha value is -2.16. The van der Waals surface area contributed by atoms with Crippen LogP contribution < -0.4 is 5.32 Å². The highest BCUT2D eigenvalue weighted by molar-refractivity contribution is 9.10. The zero-order valence-corrected chi connectivity index (χ0v) is 17.3. The summed E-state index contributed by atoms with van der Waals surface area (Å²) in [6.45, 7) is 2.26. The number of amides is 2. The Morgan fingerprint density at radius 2 is 2.07 bits per heavy atom. The number of likely N-dealkylation sites (tertiary alicyclic amines) is 1. The van der Waals surface area contributed by atoms with Gasteiger partial charge in [0.05, 0.1) is 6.54 Å². The third-order valence-corrected chi connectivity index (χ3v) is 5.90. The Morgan fingerprint density at radius 3 is 2.89 bits per heavy atom. The van der Waals surface area contributed by atoms with Crippen molar-refractivity contribution >= 4 is 27.7 Å². The van der Waals surface area contributed by atoms with E-state index in [1.807, 2.05) is 4.90 Å². The highest BCUT2D eigenvalue weighted by Gasteiger charge is 2.29. The summed E-state index contributed by atoms with van der Waals surface area (Å²) < 4.78 is 7.96. The molecule has 0 saturated carbocycles. The van der Waals surface area contributed by atoms with Gasteiger partial charge in [-0.05, 0) is 53.7 Å². The molecule has 9 heteroatoms. The van der Waals surface area contributed by atoms with Crippen LogP contribution in [0.3, 0.4) is 0 Å². The van der Waals surface area contributed by atoms with Crippen molar-refractivity contribution in [3.05, 3.63) is 34.2 Å². The van der Waals surface area contributed by atoms with Crippen molar-refractivity contribution in [2.45, 2.75) is 51.0 Å². The predicted octanol–water partition coefficient (Wildman–Crippen LogP) is 2.50. The van der Waals surface area contributed by atoms with Crippen molar-refractivity contribution in [2.75, 3.05) is 19.6 Å². The molecule has 1 N–H and O–H groups in total. The fourth-order valence-electron chi connectivity index (χ4n) is 4.02. The van der Waals surface area contributed by atoms with Gasteiger partial charge in [-0.1, -0.05) is 6.42 Å². The summed E-state index contributed by atoms with van der Waals surface area (Å²) in [5.41, 5.74) is 0. The third-order valence-electron chi connectivity index (χ3n) is 5.47. The maximum Gasteiger partial charge on any atom is 0.287 e. The molecule has 2 aromatic heterocycles. The van der Waals surface area contributed by atoms with Crippen molar-refractivity contribution in [2.24, 2.45) is 0 Å². The molecule has 0 radical (unpaired) electrons. The van der Waals surface area contributed by atoms with E-state index < -0.39 is 5.91 Å². The molecule has 4 rings (SSSR count). The summed E-state index contributed by atoms with van der Waals surface area (Å²) in [7, 11) is 0. The van der Waals surface area contributed by atoms with E-state index in [1.165, 1.54) is 12.8 Å². The van der Waals surface area contributed by atoms with E-state index in [0.717, 1.165) is 43.9 Å². The number of carbonyl (C=O) groups excluding carboxylic acids is 2. The molecule has 0 unspecified atom stereocenters. The molecule has 2 aliphatic rings. The van der Waals surface area contributed by atoms with Crippen LogP contribution in [0.2, 0.25) is 0 Å². The second-order valence-corrected chi connectivity index (χ2v) is 8.18. The van der Waals surface area contributed by atoms with Crippen molar-refractivity contribution in [1.82, 2.24) is 25.0 Å². The molecule has 2 amide bonds. The summed E-state index contributed by atoms with van der Waals surface area (Å²) in [5.74, 6) is 2.00. The van der Waals surface area contributed by atoms with Crippen molar-refractivity contribution in [3.63, 3.8) is 0 Å². The molecule has 2 aromatic rings. The number of aromatic nitrogens is 3.